The number of thioether (sulfide) groups is 1. The second-order valence-corrected chi connectivity index (χ2v) is 9.25. The molecule has 2 unspecified atom stereocenters. The number of halogens is 1. The van der Waals surface area contributed by atoms with E-state index in [-0.39, 0.29) is 17.5 Å². The summed E-state index contributed by atoms with van der Waals surface area (Å²) in [5, 5.41) is 9.71. The third-order valence-electron chi connectivity index (χ3n) is 3.58. The highest BCUT2D eigenvalue weighted by molar-refractivity contribution is 9.10. The average Bonchev–Trinajstić information content (AvgIpc) is 2.86. The molecule has 1 aliphatic rings. The fourth-order valence-electron chi connectivity index (χ4n) is 2.57. The topological polar surface area (TPSA) is 66.4 Å². The van der Waals surface area contributed by atoms with Crippen LogP contribution in [0.2, 0.25) is 0 Å². The van der Waals surface area contributed by atoms with Crippen molar-refractivity contribution >= 4 is 37.7 Å². The number of sulfonamides is 1. The number of rotatable bonds is 6. The molecule has 0 bridgehead atoms. The zero-order valence-electron chi connectivity index (χ0n) is 11.9. The van der Waals surface area contributed by atoms with Crippen molar-refractivity contribution in [2.24, 2.45) is 0 Å². The van der Waals surface area contributed by atoms with Gasteiger partial charge in [0.1, 0.15) is 0 Å². The van der Waals surface area contributed by atoms with Crippen molar-refractivity contribution in [1.29, 1.82) is 0 Å². The first-order valence-corrected chi connectivity index (χ1v) is 10.3. The Hall–Kier alpha value is -0.0800. The number of aliphatic hydroxyl groups is 1. The van der Waals surface area contributed by atoms with Crippen molar-refractivity contribution in [3.8, 4) is 0 Å². The molecule has 0 radical (unpaired) electrons. The van der Waals surface area contributed by atoms with Gasteiger partial charge in [0.2, 0.25) is 10.0 Å². The van der Waals surface area contributed by atoms with Gasteiger partial charge in [0, 0.05) is 15.8 Å². The van der Waals surface area contributed by atoms with Crippen molar-refractivity contribution in [2.45, 2.75) is 49.0 Å². The van der Waals surface area contributed by atoms with E-state index in [0.29, 0.717) is 15.3 Å². The predicted molar refractivity (Wildman–Crippen MR) is 89.9 cm³/mol. The molecule has 0 saturated heterocycles. The average molecular weight is 394 g/mol. The minimum atomic E-state index is -3.56. The third kappa shape index (κ3) is 4.45. The Morgan fingerprint density at radius 2 is 2.19 bits per heavy atom. The molecule has 2 N–H and O–H groups in total. The maximum absolute atomic E-state index is 12.5. The summed E-state index contributed by atoms with van der Waals surface area (Å²) in [6.07, 6.45) is 2.83. The van der Waals surface area contributed by atoms with E-state index in [1.54, 1.807) is 12.1 Å². The van der Waals surface area contributed by atoms with E-state index >= 15 is 0 Å². The summed E-state index contributed by atoms with van der Waals surface area (Å²) < 4.78 is 28.3. The van der Waals surface area contributed by atoms with E-state index in [1.807, 2.05) is 11.8 Å². The van der Waals surface area contributed by atoms with Crippen LogP contribution in [-0.4, -0.2) is 30.6 Å². The summed E-state index contributed by atoms with van der Waals surface area (Å²) in [6, 6.07) is 4.88. The van der Waals surface area contributed by atoms with Gasteiger partial charge in [0.25, 0.3) is 0 Å². The van der Waals surface area contributed by atoms with Crippen molar-refractivity contribution in [1.82, 2.24) is 4.72 Å². The Morgan fingerprint density at radius 3 is 2.86 bits per heavy atom. The highest BCUT2D eigenvalue weighted by Crippen LogP contribution is 2.31. The molecule has 21 heavy (non-hydrogen) atoms. The number of nitrogens with one attached hydrogen (secondary N) is 1. The highest BCUT2D eigenvalue weighted by atomic mass is 79.9. The Labute approximate surface area is 138 Å². The molecule has 0 amide bonds. The normalized spacial score (nSPS) is 22.6. The van der Waals surface area contributed by atoms with Crippen LogP contribution in [0.3, 0.4) is 0 Å². The quantitative estimate of drug-likeness (QED) is 0.779. The van der Waals surface area contributed by atoms with E-state index in [4.69, 9.17) is 5.11 Å². The molecule has 1 aromatic carbocycles. The summed E-state index contributed by atoms with van der Waals surface area (Å²) in [4.78, 5) is 0.195. The van der Waals surface area contributed by atoms with Gasteiger partial charge in [-0.3, -0.25) is 0 Å². The summed E-state index contributed by atoms with van der Waals surface area (Å²) in [6.45, 7) is 1.95. The molecule has 4 nitrogen and oxygen atoms in total. The Morgan fingerprint density at radius 1 is 1.43 bits per heavy atom. The van der Waals surface area contributed by atoms with Gasteiger partial charge in [-0.1, -0.05) is 13.0 Å². The molecule has 0 aromatic heterocycles. The molecule has 118 valence electrons. The van der Waals surface area contributed by atoms with Gasteiger partial charge in [0.15, 0.2) is 0 Å². The first kappa shape index (κ1) is 17.3. The van der Waals surface area contributed by atoms with Crippen LogP contribution in [-0.2, 0) is 16.6 Å². The maximum atomic E-state index is 12.5. The number of hydrogen-bond donors (Lipinski definition) is 2. The monoisotopic (exact) mass is 393 g/mol. The lowest BCUT2D eigenvalue weighted by atomic mass is 10.2. The molecule has 1 aliphatic carbocycles. The highest BCUT2D eigenvalue weighted by Gasteiger charge is 2.29. The van der Waals surface area contributed by atoms with Gasteiger partial charge >= 0.3 is 0 Å². The van der Waals surface area contributed by atoms with Crippen LogP contribution in [0.5, 0.6) is 0 Å². The molecule has 0 spiro atoms. The van der Waals surface area contributed by atoms with E-state index in [0.717, 1.165) is 25.0 Å². The SMILES string of the molecule is CCSC1CCC(NS(=O)(=O)c2cc(CO)ccc2Br)C1. The first-order chi connectivity index (χ1) is 9.96. The number of benzene rings is 1. The van der Waals surface area contributed by atoms with Crippen molar-refractivity contribution in [2.75, 3.05) is 5.75 Å². The maximum Gasteiger partial charge on any atom is 0.241 e. The summed E-state index contributed by atoms with van der Waals surface area (Å²) in [5.74, 6) is 1.06. The van der Waals surface area contributed by atoms with E-state index in [1.165, 1.54) is 6.07 Å². The van der Waals surface area contributed by atoms with Crippen molar-refractivity contribution in [3.05, 3.63) is 28.2 Å². The van der Waals surface area contributed by atoms with Crippen LogP contribution in [0.15, 0.2) is 27.6 Å². The Kier molecular flexibility index (Phi) is 6.14. The first-order valence-electron chi connectivity index (χ1n) is 6.99. The third-order valence-corrected chi connectivity index (χ3v) is 7.32. The largest absolute Gasteiger partial charge is 0.392 e. The zero-order valence-corrected chi connectivity index (χ0v) is 15.1. The Balaban J connectivity index is 2.12. The summed E-state index contributed by atoms with van der Waals surface area (Å²) >= 11 is 5.17. The molecule has 1 fully saturated rings. The lowest BCUT2D eigenvalue weighted by Crippen LogP contribution is -2.33. The predicted octanol–water partition coefficient (Wildman–Crippen LogP) is 2.89. The minimum absolute atomic E-state index is 0.00346. The number of aliphatic hydroxyl groups excluding tert-OH is 1. The van der Waals surface area contributed by atoms with Gasteiger partial charge in [0.05, 0.1) is 11.5 Å². The molecule has 0 aliphatic heterocycles. The molecule has 1 aromatic rings. The molecule has 2 atom stereocenters. The molecular weight excluding hydrogens is 374 g/mol. The summed E-state index contributed by atoms with van der Waals surface area (Å²) in [7, 11) is -3.56. The van der Waals surface area contributed by atoms with Gasteiger partial charge in [-0.25, -0.2) is 13.1 Å². The molecule has 1 saturated carbocycles. The molecular formula is C14H20BrNO3S2. The van der Waals surface area contributed by atoms with Crippen LogP contribution >= 0.6 is 27.7 Å². The van der Waals surface area contributed by atoms with Crippen molar-refractivity contribution in [3.63, 3.8) is 0 Å². The van der Waals surface area contributed by atoms with Crippen LogP contribution in [0.4, 0.5) is 0 Å². The standard InChI is InChI=1S/C14H20BrNO3S2/c1-2-20-12-5-4-11(8-12)16-21(18,19)14-7-10(9-17)3-6-13(14)15/h3,6-7,11-12,16-17H,2,4-5,8-9H2,1H3. The van der Waals surface area contributed by atoms with E-state index in [2.05, 4.69) is 27.6 Å². The van der Waals surface area contributed by atoms with Crippen LogP contribution in [0, 0.1) is 0 Å². The van der Waals surface area contributed by atoms with Crippen LogP contribution in [0.25, 0.3) is 0 Å². The van der Waals surface area contributed by atoms with E-state index < -0.39 is 10.0 Å². The number of hydrogen-bond acceptors (Lipinski definition) is 4. The second kappa shape index (κ2) is 7.46. The van der Waals surface area contributed by atoms with E-state index in [9.17, 15) is 8.42 Å². The second-order valence-electron chi connectivity index (χ2n) is 5.13. The molecule has 2 rings (SSSR count). The van der Waals surface area contributed by atoms with Gasteiger partial charge < -0.3 is 5.11 Å². The summed E-state index contributed by atoms with van der Waals surface area (Å²) in [5.41, 5.74) is 0.587. The van der Waals surface area contributed by atoms with Gasteiger partial charge in [-0.05, 0) is 58.6 Å². The fourth-order valence-corrected chi connectivity index (χ4v) is 6.01. The van der Waals surface area contributed by atoms with Crippen LogP contribution in [0.1, 0.15) is 31.7 Å². The Bertz CT molecular complexity index is 592. The minimum Gasteiger partial charge on any atom is -0.392 e. The van der Waals surface area contributed by atoms with Gasteiger partial charge in [-0.2, -0.15) is 11.8 Å². The lowest BCUT2D eigenvalue weighted by Gasteiger charge is -2.15. The smallest absolute Gasteiger partial charge is 0.241 e. The molecule has 7 heteroatoms. The van der Waals surface area contributed by atoms with Crippen LogP contribution < -0.4 is 4.72 Å². The van der Waals surface area contributed by atoms with Gasteiger partial charge in [-0.15, -0.1) is 0 Å². The lowest BCUT2D eigenvalue weighted by molar-refractivity contribution is 0.281. The van der Waals surface area contributed by atoms with Crippen molar-refractivity contribution < 1.29 is 13.5 Å². The zero-order chi connectivity index (χ0) is 15.5. The molecule has 0 heterocycles. The fraction of sp³-hybridized carbons (Fsp3) is 0.571.